The van der Waals surface area contributed by atoms with Crippen molar-refractivity contribution < 1.29 is 9.90 Å². The van der Waals surface area contributed by atoms with E-state index in [1.807, 2.05) is 43.3 Å². The van der Waals surface area contributed by atoms with Gasteiger partial charge in [-0.3, -0.25) is 4.79 Å². The van der Waals surface area contributed by atoms with Crippen LogP contribution < -0.4 is 5.19 Å². The van der Waals surface area contributed by atoms with E-state index in [2.05, 4.69) is 37.4 Å². The fourth-order valence-electron chi connectivity index (χ4n) is 3.18. The first-order valence-electron chi connectivity index (χ1n) is 7.28. The second-order valence-electron chi connectivity index (χ2n) is 6.10. The summed E-state index contributed by atoms with van der Waals surface area (Å²) in [5, 5.41) is 10.8. The predicted molar refractivity (Wildman–Crippen MR) is 89.5 cm³/mol. The van der Waals surface area contributed by atoms with Gasteiger partial charge in [-0.1, -0.05) is 85.9 Å². The molecule has 0 amide bonds. The van der Waals surface area contributed by atoms with Gasteiger partial charge < -0.3 is 5.11 Å². The molecule has 110 valence electrons. The zero-order valence-electron chi connectivity index (χ0n) is 12.8. The highest BCUT2D eigenvalue weighted by atomic mass is 28.3. The van der Waals surface area contributed by atoms with Crippen LogP contribution in [0.5, 0.6) is 0 Å². The second kappa shape index (κ2) is 6.27. The first-order valence-corrected chi connectivity index (χ1v) is 10.4. The molecular formula is C18H22O2Si. The molecule has 0 aliphatic carbocycles. The van der Waals surface area contributed by atoms with Gasteiger partial charge in [-0.15, -0.1) is 0 Å². The Labute approximate surface area is 127 Å². The average molecular weight is 299 g/mol. The Morgan fingerprint density at radius 1 is 0.952 bits per heavy atom. The van der Waals surface area contributed by atoms with Gasteiger partial charge in [0.1, 0.15) is 0 Å². The third-order valence-electron chi connectivity index (χ3n) is 4.34. The molecule has 21 heavy (non-hydrogen) atoms. The number of carboxylic acids is 1. The lowest BCUT2D eigenvalue weighted by Gasteiger charge is -2.36. The molecule has 0 radical (unpaired) electrons. The summed E-state index contributed by atoms with van der Waals surface area (Å²) < 4.78 is 0. The van der Waals surface area contributed by atoms with E-state index in [9.17, 15) is 9.90 Å². The van der Waals surface area contributed by atoms with E-state index in [0.29, 0.717) is 0 Å². The van der Waals surface area contributed by atoms with Crippen molar-refractivity contribution >= 4 is 19.2 Å². The normalized spacial score (nSPS) is 14.4. The van der Waals surface area contributed by atoms with Crippen molar-refractivity contribution in [2.24, 2.45) is 5.92 Å². The first-order chi connectivity index (χ1) is 9.94. The van der Waals surface area contributed by atoms with E-state index in [0.717, 1.165) is 5.56 Å². The molecule has 0 aliphatic rings. The number of benzene rings is 2. The van der Waals surface area contributed by atoms with Crippen LogP contribution in [0.1, 0.15) is 18.0 Å². The van der Waals surface area contributed by atoms with E-state index in [-0.39, 0.29) is 5.54 Å². The van der Waals surface area contributed by atoms with Crippen molar-refractivity contribution in [3.8, 4) is 0 Å². The molecule has 2 rings (SSSR count). The van der Waals surface area contributed by atoms with E-state index < -0.39 is 20.0 Å². The van der Waals surface area contributed by atoms with Gasteiger partial charge in [0.05, 0.1) is 14.0 Å². The van der Waals surface area contributed by atoms with Crippen LogP contribution in [0.25, 0.3) is 0 Å². The monoisotopic (exact) mass is 299 g/mol. The zero-order valence-corrected chi connectivity index (χ0v) is 13.8. The SMILES string of the molecule is C[C@H]([C@@H](c1ccccc1)[Si](C)(C)c1ccccc1)[13C](=O)O. The molecule has 0 saturated carbocycles. The van der Waals surface area contributed by atoms with Gasteiger partial charge >= 0.3 is 5.97 Å². The summed E-state index contributed by atoms with van der Waals surface area (Å²) in [5.41, 5.74) is 1.19. The summed E-state index contributed by atoms with van der Waals surface area (Å²) >= 11 is 0. The molecule has 3 heteroatoms. The quantitative estimate of drug-likeness (QED) is 0.676. The largest absolute Gasteiger partial charge is 0.481 e. The minimum Gasteiger partial charge on any atom is -0.481 e. The van der Waals surface area contributed by atoms with Gasteiger partial charge in [-0.2, -0.15) is 0 Å². The summed E-state index contributed by atoms with van der Waals surface area (Å²) in [6.07, 6.45) is 0. The Kier molecular flexibility index (Phi) is 4.63. The zero-order chi connectivity index (χ0) is 15.5. The topological polar surface area (TPSA) is 37.3 Å². The van der Waals surface area contributed by atoms with E-state index >= 15 is 0 Å². The lowest BCUT2D eigenvalue weighted by Crippen LogP contribution is -2.51. The fraction of sp³-hybridized carbons (Fsp3) is 0.278. The van der Waals surface area contributed by atoms with Gasteiger partial charge in [-0.05, 0) is 11.1 Å². The highest BCUT2D eigenvalue weighted by Gasteiger charge is 2.40. The summed E-state index contributed by atoms with van der Waals surface area (Å²) in [7, 11) is -1.96. The van der Waals surface area contributed by atoms with Crippen LogP contribution in [-0.2, 0) is 4.79 Å². The Hall–Kier alpha value is -1.87. The third-order valence-corrected chi connectivity index (χ3v) is 8.55. The van der Waals surface area contributed by atoms with E-state index in [1.54, 1.807) is 0 Å². The van der Waals surface area contributed by atoms with Crippen LogP contribution in [0.15, 0.2) is 60.7 Å². The van der Waals surface area contributed by atoms with E-state index in [4.69, 9.17) is 0 Å². The Morgan fingerprint density at radius 2 is 1.43 bits per heavy atom. The number of rotatable bonds is 5. The number of carbonyl (C=O) groups is 1. The Morgan fingerprint density at radius 3 is 1.90 bits per heavy atom. The number of hydrogen-bond acceptors (Lipinski definition) is 1. The highest BCUT2D eigenvalue weighted by molar-refractivity contribution is 6.91. The molecule has 2 aromatic rings. The van der Waals surface area contributed by atoms with Gasteiger partial charge in [0, 0.05) is 0 Å². The molecule has 0 heterocycles. The highest BCUT2D eigenvalue weighted by Crippen LogP contribution is 2.34. The second-order valence-corrected chi connectivity index (χ2v) is 10.7. The molecule has 0 unspecified atom stereocenters. The maximum atomic E-state index is 11.6. The Bertz CT molecular complexity index is 593. The first kappa shape index (κ1) is 15.5. The van der Waals surface area contributed by atoms with Crippen molar-refractivity contribution in [2.75, 3.05) is 0 Å². The number of hydrogen-bond donors (Lipinski definition) is 1. The molecule has 2 aromatic carbocycles. The molecule has 0 aromatic heterocycles. The fourth-order valence-corrected chi connectivity index (χ4v) is 7.01. The van der Waals surface area contributed by atoms with Crippen LogP contribution in [-0.4, -0.2) is 19.1 Å². The van der Waals surface area contributed by atoms with Gasteiger partial charge in [0.15, 0.2) is 0 Å². The van der Waals surface area contributed by atoms with Crippen molar-refractivity contribution in [3.05, 3.63) is 66.2 Å². The van der Waals surface area contributed by atoms with Crippen LogP contribution in [0.3, 0.4) is 0 Å². The van der Waals surface area contributed by atoms with Crippen LogP contribution in [0.2, 0.25) is 13.1 Å². The standard InChI is InChI=1S/C18H22O2Si/c1-14(18(19)20)17(15-10-6-4-7-11-15)21(2,3)16-12-8-5-9-13-16/h4-14,17H,1-3H3,(H,19,20)/t14-,17+/m1/s1/i18+1. The van der Waals surface area contributed by atoms with Crippen molar-refractivity contribution in [2.45, 2.75) is 25.6 Å². The smallest absolute Gasteiger partial charge is 0.306 e. The van der Waals surface area contributed by atoms with E-state index in [1.165, 1.54) is 5.19 Å². The molecule has 0 saturated heterocycles. The molecule has 0 spiro atoms. The third kappa shape index (κ3) is 3.24. The minimum absolute atomic E-state index is 0.0543. The number of aliphatic carboxylic acids is 1. The molecule has 0 bridgehead atoms. The lowest BCUT2D eigenvalue weighted by molar-refractivity contribution is -0.141. The molecule has 1 N–H and O–H groups in total. The molecule has 0 fully saturated rings. The molecular weight excluding hydrogens is 277 g/mol. The Balaban J connectivity index is 2.52. The lowest BCUT2D eigenvalue weighted by atomic mass is 10.1. The summed E-state index contributed by atoms with van der Waals surface area (Å²) in [5.74, 6) is -1.12. The molecule has 2 nitrogen and oxygen atoms in total. The van der Waals surface area contributed by atoms with Gasteiger partial charge in [-0.25, -0.2) is 0 Å². The summed E-state index contributed by atoms with van der Waals surface area (Å²) in [6.45, 7) is 6.36. The van der Waals surface area contributed by atoms with Crippen LogP contribution >= 0.6 is 0 Å². The maximum Gasteiger partial charge on any atom is 0.306 e. The van der Waals surface area contributed by atoms with Crippen molar-refractivity contribution in [1.29, 1.82) is 0 Å². The maximum absolute atomic E-state index is 11.6. The minimum atomic E-state index is -1.96. The molecule has 0 aliphatic heterocycles. The summed E-state index contributed by atoms with van der Waals surface area (Å²) in [6, 6.07) is 20.4. The molecule has 2 atom stereocenters. The van der Waals surface area contributed by atoms with Gasteiger partial charge in [0.2, 0.25) is 0 Å². The number of carboxylic acid groups (broad SMARTS) is 1. The van der Waals surface area contributed by atoms with Crippen LogP contribution in [0.4, 0.5) is 0 Å². The van der Waals surface area contributed by atoms with Crippen LogP contribution in [0, 0.1) is 5.92 Å². The summed E-state index contributed by atoms with van der Waals surface area (Å²) in [4.78, 5) is 11.6. The van der Waals surface area contributed by atoms with Crippen molar-refractivity contribution in [3.63, 3.8) is 0 Å². The average Bonchev–Trinajstić information content (AvgIpc) is 2.49. The van der Waals surface area contributed by atoms with Crippen molar-refractivity contribution in [1.82, 2.24) is 0 Å². The van der Waals surface area contributed by atoms with Gasteiger partial charge in [0.25, 0.3) is 0 Å². The predicted octanol–water partition coefficient (Wildman–Crippen LogP) is 3.65.